The molecule has 1 unspecified atom stereocenters. The van der Waals surface area contributed by atoms with Crippen LogP contribution in [0.5, 0.6) is 0 Å². The Labute approximate surface area is 104 Å². The number of methoxy groups -OCH3 is 1. The molecule has 0 spiro atoms. The lowest BCUT2D eigenvalue weighted by molar-refractivity contribution is -0.137. The number of ether oxygens (including phenoxy) is 1. The molecule has 0 aromatic heterocycles. The lowest BCUT2D eigenvalue weighted by Gasteiger charge is -2.18. The first-order valence-electron chi connectivity index (χ1n) is 5.51. The Morgan fingerprint density at radius 1 is 1.28 bits per heavy atom. The molecule has 0 aliphatic carbocycles. The molecule has 1 aromatic carbocycles. The number of rotatable bonds is 4. The molecule has 0 aliphatic heterocycles. The van der Waals surface area contributed by atoms with E-state index in [1.807, 2.05) is 0 Å². The Hall–Kier alpha value is -1.36. The third kappa shape index (κ3) is 3.32. The van der Waals surface area contributed by atoms with Gasteiger partial charge in [-0.25, -0.2) is 0 Å². The van der Waals surface area contributed by atoms with Crippen LogP contribution < -0.4 is 0 Å². The lowest BCUT2D eigenvalue weighted by Crippen LogP contribution is -2.28. The molecule has 0 bridgehead atoms. The van der Waals surface area contributed by atoms with Gasteiger partial charge < -0.3 is 4.74 Å². The van der Waals surface area contributed by atoms with Crippen LogP contribution in [0.3, 0.4) is 0 Å². The van der Waals surface area contributed by atoms with Gasteiger partial charge in [-0.15, -0.1) is 0 Å². The van der Waals surface area contributed by atoms with Crippen molar-refractivity contribution in [2.24, 2.45) is 5.92 Å². The quantitative estimate of drug-likeness (QED) is 0.774. The van der Waals surface area contributed by atoms with Gasteiger partial charge >= 0.3 is 6.18 Å². The minimum atomic E-state index is -4.45. The van der Waals surface area contributed by atoms with E-state index < -0.39 is 23.6 Å². The van der Waals surface area contributed by atoms with Gasteiger partial charge in [0.25, 0.3) is 0 Å². The number of Topliss-reactive ketones (excluding diaryl/α,β-unsaturated/α-hetero) is 1. The van der Waals surface area contributed by atoms with Crippen molar-refractivity contribution in [1.82, 2.24) is 0 Å². The van der Waals surface area contributed by atoms with Crippen molar-refractivity contribution in [2.45, 2.75) is 26.1 Å². The number of alkyl halides is 3. The summed E-state index contributed by atoms with van der Waals surface area (Å²) in [4.78, 5) is 12.0. The second-order valence-electron chi connectivity index (χ2n) is 4.34. The molecular weight excluding hydrogens is 245 g/mol. The average molecular weight is 260 g/mol. The van der Waals surface area contributed by atoms with Gasteiger partial charge in [-0.1, -0.05) is 26.0 Å². The topological polar surface area (TPSA) is 26.3 Å². The molecule has 0 aliphatic rings. The van der Waals surface area contributed by atoms with Gasteiger partial charge in [0.1, 0.15) is 6.10 Å². The first-order chi connectivity index (χ1) is 8.27. The summed E-state index contributed by atoms with van der Waals surface area (Å²) in [6, 6.07) is 4.39. The van der Waals surface area contributed by atoms with E-state index in [9.17, 15) is 18.0 Å². The molecule has 0 amide bonds. The van der Waals surface area contributed by atoms with Gasteiger partial charge in [-0.05, 0) is 18.1 Å². The van der Waals surface area contributed by atoms with E-state index >= 15 is 0 Å². The van der Waals surface area contributed by atoms with Gasteiger partial charge in [0, 0.05) is 12.7 Å². The van der Waals surface area contributed by atoms with Crippen LogP contribution in [-0.2, 0) is 10.9 Å². The van der Waals surface area contributed by atoms with Gasteiger partial charge in [0.15, 0.2) is 5.78 Å². The number of hydrogen-bond donors (Lipinski definition) is 0. The minimum Gasteiger partial charge on any atom is -0.373 e. The zero-order valence-corrected chi connectivity index (χ0v) is 10.4. The van der Waals surface area contributed by atoms with Crippen LogP contribution in [0.1, 0.15) is 29.8 Å². The number of halogens is 3. The Bertz CT molecular complexity index is 424. The Kier molecular flexibility index (Phi) is 4.51. The zero-order valence-electron chi connectivity index (χ0n) is 10.4. The molecule has 5 heteroatoms. The number of benzene rings is 1. The average Bonchev–Trinajstić information content (AvgIpc) is 2.28. The highest BCUT2D eigenvalue weighted by molar-refractivity contribution is 5.99. The van der Waals surface area contributed by atoms with Crippen molar-refractivity contribution in [3.05, 3.63) is 35.4 Å². The summed E-state index contributed by atoms with van der Waals surface area (Å²) in [5, 5.41) is 0. The summed E-state index contributed by atoms with van der Waals surface area (Å²) < 4.78 is 42.6. The van der Waals surface area contributed by atoms with Crippen molar-refractivity contribution < 1.29 is 22.7 Å². The third-order valence-electron chi connectivity index (χ3n) is 2.59. The van der Waals surface area contributed by atoms with E-state index in [1.165, 1.54) is 19.2 Å². The summed E-state index contributed by atoms with van der Waals surface area (Å²) >= 11 is 0. The SMILES string of the molecule is COC(C(=O)c1cccc(C(F)(F)F)c1)C(C)C. The number of carbonyl (C=O) groups excluding carboxylic acids is 1. The molecule has 1 rings (SSSR count). The molecule has 0 radical (unpaired) electrons. The highest BCUT2D eigenvalue weighted by Gasteiger charge is 2.32. The minimum absolute atomic E-state index is 0.0189. The van der Waals surface area contributed by atoms with Gasteiger partial charge in [-0.3, -0.25) is 4.79 Å². The molecule has 0 N–H and O–H groups in total. The highest BCUT2D eigenvalue weighted by atomic mass is 19.4. The normalized spacial score (nSPS) is 13.7. The first-order valence-corrected chi connectivity index (χ1v) is 5.51. The first kappa shape index (κ1) is 14.7. The second-order valence-corrected chi connectivity index (χ2v) is 4.34. The van der Waals surface area contributed by atoms with E-state index in [2.05, 4.69) is 0 Å². The van der Waals surface area contributed by atoms with E-state index in [1.54, 1.807) is 13.8 Å². The summed E-state index contributed by atoms with van der Waals surface area (Å²) in [7, 11) is 1.37. The number of carbonyl (C=O) groups is 1. The van der Waals surface area contributed by atoms with Gasteiger partial charge in [0.2, 0.25) is 0 Å². The standard InChI is InChI=1S/C13H15F3O2/c1-8(2)12(18-3)11(17)9-5-4-6-10(7-9)13(14,15)16/h4-8,12H,1-3H3. The molecule has 1 atom stereocenters. The van der Waals surface area contributed by atoms with Crippen molar-refractivity contribution in [1.29, 1.82) is 0 Å². The van der Waals surface area contributed by atoms with Crippen molar-refractivity contribution >= 4 is 5.78 Å². The molecule has 18 heavy (non-hydrogen) atoms. The predicted octanol–water partition coefficient (Wildman–Crippen LogP) is 3.56. The highest BCUT2D eigenvalue weighted by Crippen LogP contribution is 2.30. The molecule has 1 aromatic rings. The van der Waals surface area contributed by atoms with Gasteiger partial charge in [-0.2, -0.15) is 13.2 Å². The summed E-state index contributed by atoms with van der Waals surface area (Å²) in [6.45, 7) is 3.55. The summed E-state index contributed by atoms with van der Waals surface area (Å²) in [5.74, 6) is -0.532. The van der Waals surface area contributed by atoms with Crippen molar-refractivity contribution in [2.75, 3.05) is 7.11 Å². The Balaban J connectivity index is 3.07. The van der Waals surface area contributed by atoms with Crippen LogP contribution in [0.15, 0.2) is 24.3 Å². The fourth-order valence-corrected chi connectivity index (χ4v) is 1.70. The molecule has 100 valence electrons. The van der Waals surface area contributed by atoms with Crippen LogP contribution in [0.4, 0.5) is 13.2 Å². The molecule has 2 nitrogen and oxygen atoms in total. The van der Waals surface area contributed by atoms with E-state index in [4.69, 9.17) is 4.74 Å². The predicted molar refractivity (Wildman–Crippen MR) is 61.4 cm³/mol. The summed E-state index contributed by atoms with van der Waals surface area (Å²) in [5.41, 5.74) is -0.808. The van der Waals surface area contributed by atoms with Crippen LogP contribution >= 0.6 is 0 Å². The fourth-order valence-electron chi connectivity index (χ4n) is 1.70. The monoisotopic (exact) mass is 260 g/mol. The number of ketones is 1. The van der Waals surface area contributed by atoms with Gasteiger partial charge in [0.05, 0.1) is 5.56 Å². The molecule has 0 saturated carbocycles. The van der Waals surface area contributed by atoms with Crippen LogP contribution in [0.25, 0.3) is 0 Å². The van der Waals surface area contributed by atoms with Crippen LogP contribution in [0, 0.1) is 5.92 Å². The molecule has 0 saturated heterocycles. The van der Waals surface area contributed by atoms with Crippen molar-refractivity contribution in [3.8, 4) is 0 Å². The zero-order chi connectivity index (χ0) is 13.9. The van der Waals surface area contributed by atoms with Crippen LogP contribution in [0.2, 0.25) is 0 Å². The number of hydrogen-bond acceptors (Lipinski definition) is 2. The van der Waals surface area contributed by atoms with Crippen LogP contribution in [-0.4, -0.2) is 19.0 Å². The fraction of sp³-hybridized carbons (Fsp3) is 0.462. The maximum atomic E-state index is 12.5. The third-order valence-corrected chi connectivity index (χ3v) is 2.59. The maximum Gasteiger partial charge on any atom is 0.416 e. The van der Waals surface area contributed by atoms with E-state index in [0.717, 1.165) is 12.1 Å². The Morgan fingerprint density at radius 3 is 2.33 bits per heavy atom. The molecular formula is C13H15F3O2. The second kappa shape index (κ2) is 5.52. The van der Waals surface area contributed by atoms with E-state index in [0.29, 0.717) is 0 Å². The van der Waals surface area contributed by atoms with E-state index in [-0.39, 0.29) is 11.5 Å². The summed E-state index contributed by atoms with van der Waals surface area (Å²) in [6.07, 6.45) is -5.18. The Morgan fingerprint density at radius 2 is 1.89 bits per heavy atom. The molecule has 0 heterocycles. The van der Waals surface area contributed by atoms with Crippen molar-refractivity contribution in [3.63, 3.8) is 0 Å². The lowest BCUT2D eigenvalue weighted by atomic mass is 9.96. The molecule has 0 fully saturated rings. The largest absolute Gasteiger partial charge is 0.416 e. The smallest absolute Gasteiger partial charge is 0.373 e. The maximum absolute atomic E-state index is 12.5.